The van der Waals surface area contributed by atoms with Gasteiger partial charge in [0.2, 0.25) is 0 Å². The summed E-state index contributed by atoms with van der Waals surface area (Å²) in [7, 11) is -4.70. The van der Waals surface area contributed by atoms with Crippen LogP contribution in [0.3, 0.4) is 0 Å². The minimum Gasteiger partial charge on any atom is -0.497 e. The van der Waals surface area contributed by atoms with E-state index in [2.05, 4.69) is 20.1 Å². The van der Waals surface area contributed by atoms with Crippen molar-refractivity contribution in [1.82, 2.24) is 9.44 Å². The second-order valence-electron chi connectivity index (χ2n) is 9.04. The predicted octanol–water partition coefficient (Wildman–Crippen LogP) is 4.65. The number of ether oxygens (including phenoxy) is 2. The van der Waals surface area contributed by atoms with Gasteiger partial charge in [0, 0.05) is 11.4 Å². The maximum atomic E-state index is 12.6. The molecule has 4 rings (SSSR count). The molecule has 0 aromatic heterocycles. The number of hydrogen-bond donors (Lipinski definition) is 4. The Morgan fingerprint density at radius 1 is 0.558 bits per heavy atom. The Hall–Kier alpha value is -4.24. The molecule has 0 aliphatic heterocycles. The van der Waals surface area contributed by atoms with Crippen LogP contribution >= 0.6 is 24.4 Å². The number of rotatable bonds is 10. The number of anilines is 2. The van der Waals surface area contributed by atoms with E-state index in [1.54, 1.807) is 48.5 Å². The molecule has 4 aromatic carbocycles. The van der Waals surface area contributed by atoms with E-state index in [0.717, 1.165) is 11.1 Å². The molecular formula is C29H28N4O6S4. The van der Waals surface area contributed by atoms with Gasteiger partial charge in [-0.1, -0.05) is 24.3 Å². The van der Waals surface area contributed by atoms with E-state index in [4.69, 9.17) is 33.9 Å². The van der Waals surface area contributed by atoms with Crippen LogP contribution in [0.25, 0.3) is 0 Å². The van der Waals surface area contributed by atoms with Crippen LogP contribution in [0, 0.1) is 0 Å². The van der Waals surface area contributed by atoms with E-state index in [1.165, 1.54) is 38.5 Å². The molecule has 0 saturated carbocycles. The summed E-state index contributed by atoms with van der Waals surface area (Å²) in [5, 5.41) is 5.64. The van der Waals surface area contributed by atoms with Crippen molar-refractivity contribution in [2.45, 2.75) is 16.2 Å². The Kier molecular flexibility index (Phi) is 10.2. The van der Waals surface area contributed by atoms with Crippen LogP contribution in [0.4, 0.5) is 11.4 Å². The van der Waals surface area contributed by atoms with Crippen molar-refractivity contribution >= 4 is 66.1 Å². The molecule has 0 fully saturated rings. The number of thiocarbonyl (C=S) groups is 2. The van der Waals surface area contributed by atoms with E-state index in [-0.39, 0.29) is 20.0 Å². The molecule has 14 heteroatoms. The molecule has 0 spiro atoms. The Morgan fingerprint density at radius 2 is 0.884 bits per heavy atom. The van der Waals surface area contributed by atoms with Crippen LogP contribution in [0.15, 0.2) is 107 Å². The third-order valence-corrected chi connectivity index (χ3v) is 9.42. The summed E-state index contributed by atoms with van der Waals surface area (Å²) in [4.78, 5) is 0.122. The molecule has 0 aliphatic carbocycles. The van der Waals surface area contributed by atoms with Crippen molar-refractivity contribution in [2.24, 2.45) is 0 Å². The molecule has 0 heterocycles. The van der Waals surface area contributed by atoms with Gasteiger partial charge < -0.3 is 20.1 Å². The van der Waals surface area contributed by atoms with Gasteiger partial charge in [-0.25, -0.2) is 16.8 Å². The minimum absolute atomic E-state index is 0.0594. The van der Waals surface area contributed by atoms with Gasteiger partial charge in [-0.05, 0) is 115 Å². The second kappa shape index (κ2) is 13.8. The van der Waals surface area contributed by atoms with Crippen molar-refractivity contribution < 1.29 is 26.3 Å². The Morgan fingerprint density at radius 3 is 1.19 bits per heavy atom. The van der Waals surface area contributed by atoms with Gasteiger partial charge in [0.25, 0.3) is 20.0 Å². The number of nitrogens with one attached hydrogen (secondary N) is 4. The highest BCUT2D eigenvalue weighted by Crippen LogP contribution is 2.19. The second-order valence-corrected chi connectivity index (χ2v) is 13.2. The van der Waals surface area contributed by atoms with Crippen molar-refractivity contribution in [3.8, 4) is 11.5 Å². The number of hydrogen-bond acceptors (Lipinski definition) is 8. The molecule has 4 aromatic rings. The zero-order chi connectivity index (χ0) is 31.0. The number of methoxy groups -OCH3 is 2. The average molecular weight is 657 g/mol. The maximum absolute atomic E-state index is 12.6. The summed E-state index contributed by atoms with van der Waals surface area (Å²) in [5.41, 5.74) is 3.27. The SMILES string of the molecule is COc1ccc(S(=O)(=O)NC(=S)Nc2ccc(Cc3ccc(NC(=S)NS(=O)(=O)c4ccc(OC)cc4)cc3)cc2)cc1. The summed E-state index contributed by atoms with van der Waals surface area (Å²) in [5.74, 6) is 1.09. The third-order valence-electron chi connectivity index (χ3n) is 6.03. The van der Waals surface area contributed by atoms with Gasteiger partial charge in [-0.2, -0.15) is 0 Å². The fraction of sp³-hybridized carbons (Fsp3) is 0.103. The van der Waals surface area contributed by atoms with E-state index in [9.17, 15) is 16.8 Å². The largest absolute Gasteiger partial charge is 0.497 e. The lowest BCUT2D eigenvalue weighted by Crippen LogP contribution is -2.34. The third kappa shape index (κ3) is 8.88. The molecule has 43 heavy (non-hydrogen) atoms. The van der Waals surface area contributed by atoms with Crippen molar-refractivity contribution in [1.29, 1.82) is 0 Å². The van der Waals surface area contributed by atoms with Crippen molar-refractivity contribution in [3.63, 3.8) is 0 Å². The van der Waals surface area contributed by atoms with Gasteiger partial charge in [-0.3, -0.25) is 9.44 Å². The van der Waals surface area contributed by atoms with E-state index in [1.807, 2.05) is 24.3 Å². The van der Waals surface area contributed by atoms with E-state index in [0.29, 0.717) is 29.3 Å². The summed E-state index contributed by atoms with van der Waals surface area (Å²) in [6, 6.07) is 26.7. The molecule has 0 radical (unpaired) electrons. The Bertz CT molecular complexity index is 1660. The molecule has 0 aliphatic rings. The van der Waals surface area contributed by atoms with E-state index < -0.39 is 20.0 Å². The lowest BCUT2D eigenvalue weighted by molar-refractivity contribution is 0.414. The average Bonchev–Trinajstić information content (AvgIpc) is 2.98. The fourth-order valence-corrected chi connectivity index (χ4v) is 6.54. The topological polar surface area (TPSA) is 135 Å². The first-order chi connectivity index (χ1) is 20.5. The molecule has 0 amide bonds. The molecule has 224 valence electrons. The van der Waals surface area contributed by atoms with Gasteiger partial charge in [-0.15, -0.1) is 0 Å². The van der Waals surface area contributed by atoms with Crippen molar-refractivity contribution in [3.05, 3.63) is 108 Å². The Labute approximate surface area is 261 Å². The maximum Gasteiger partial charge on any atom is 0.263 e. The van der Waals surface area contributed by atoms with Crippen molar-refractivity contribution in [2.75, 3.05) is 24.9 Å². The first-order valence-corrected chi connectivity index (χ1v) is 16.4. The summed E-state index contributed by atoms with van der Waals surface area (Å²) in [6.45, 7) is 0. The lowest BCUT2D eigenvalue weighted by atomic mass is 10.0. The van der Waals surface area contributed by atoms with Crippen LogP contribution in [0.5, 0.6) is 11.5 Å². The molecule has 4 N–H and O–H groups in total. The molecule has 0 atom stereocenters. The summed E-state index contributed by atoms with van der Waals surface area (Å²) in [6.07, 6.45) is 0.629. The highest BCUT2D eigenvalue weighted by atomic mass is 32.2. The minimum atomic E-state index is -3.85. The highest BCUT2D eigenvalue weighted by molar-refractivity contribution is 7.92. The fourth-order valence-electron chi connectivity index (χ4n) is 3.83. The first kappa shape index (κ1) is 31.7. The quantitative estimate of drug-likeness (QED) is 0.179. The smallest absolute Gasteiger partial charge is 0.263 e. The first-order valence-electron chi connectivity index (χ1n) is 12.6. The highest BCUT2D eigenvalue weighted by Gasteiger charge is 2.17. The van der Waals surface area contributed by atoms with Gasteiger partial charge in [0.05, 0.1) is 24.0 Å². The summed E-state index contributed by atoms with van der Waals surface area (Å²) < 4.78 is 65.2. The Balaban J connectivity index is 1.28. The zero-order valence-electron chi connectivity index (χ0n) is 23.0. The number of sulfonamides is 2. The molecule has 0 bridgehead atoms. The van der Waals surface area contributed by atoms with E-state index >= 15 is 0 Å². The molecule has 10 nitrogen and oxygen atoms in total. The zero-order valence-corrected chi connectivity index (χ0v) is 26.3. The molecular weight excluding hydrogens is 629 g/mol. The summed E-state index contributed by atoms with van der Waals surface area (Å²) >= 11 is 10.4. The van der Waals surface area contributed by atoms with Crippen LogP contribution < -0.4 is 29.6 Å². The van der Waals surface area contributed by atoms with Crippen LogP contribution in [-0.4, -0.2) is 41.3 Å². The standard InChI is InChI=1S/C29H28N4O6S4/c1-38-24-11-15-26(16-12-24)42(34,35)32-28(40)30-22-7-3-20(4-8-22)19-21-5-9-23(10-6-21)31-29(41)33-43(36,37)27-17-13-25(39-2)14-18-27/h3-18H,19H2,1-2H3,(H2,30,32,40)(H2,31,33,41). The van der Waals surface area contributed by atoms with Crippen LogP contribution in [0.1, 0.15) is 11.1 Å². The lowest BCUT2D eigenvalue weighted by Gasteiger charge is -2.13. The van der Waals surface area contributed by atoms with Gasteiger partial charge in [0.15, 0.2) is 10.2 Å². The monoisotopic (exact) mass is 656 g/mol. The normalized spacial score (nSPS) is 11.2. The van der Waals surface area contributed by atoms with Gasteiger partial charge in [0.1, 0.15) is 11.5 Å². The van der Waals surface area contributed by atoms with Gasteiger partial charge >= 0.3 is 0 Å². The predicted molar refractivity (Wildman–Crippen MR) is 175 cm³/mol. The van der Waals surface area contributed by atoms with Crippen LogP contribution in [0.2, 0.25) is 0 Å². The molecule has 0 saturated heterocycles. The van der Waals surface area contributed by atoms with Crippen LogP contribution in [-0.2, 0) is 26.5 Å². The molecule has 0 unspecified atom stereocenters. The number of benzene rings is 4.